The monoisotopic (exact) mass is 263 g/mol. The van der Waals surface area contributed by atoms with Crippen molar-refractivity contribution < 1.29 is 9.53 Å². The molecule has 0 aliphatic carbocycles. The number of benzene rings is 2. The molecule has 0 N–H and O–H groups in total. The highest BCUT2D eigenvalue weighted by Crippen LogP contribution is 2.26. The van der Waals surface area contributed by atoms with Gasteiger partial charge in [-0.15, -0.1) is 0 Å². The first-order chi connectivity index (χ1) is 9.81. The number of ether oxygens (including phenoxy) is 1. The molecule has 0 saturated carbocycles. The number of nitrogens with zero attached hydrogens (tertiary/aromatic N) is 1. The lowest BCUT2D eigenvalue weighted by Crippen LogP contribution is -1.92. The molecule has 98 valence electrons. The van der Waals surface area contributed by atoms with Gasteiger partial charge in [0.25, 0.3) is 0 Å². The predicted molar refractivity (Wildman–Crippen MR) is 79.1 cm³/mol. The Balaban J connectivity index is 2.12. The van der Waals surface area contributed by atoms with E-state index in [2.05, 4.69) is 4.98 Å². The Bertz CT molecular complexity index is 781. The quantitative estimate of drug-likeness (QED) is 0.676. The van der Waals surface area contributed by atoms with Gasteiger partial charge in [-0.05, 0) is 29.7 Å². The fourth-order valence-electron chi connectivity index (χ4n) is 2.23. The Hall–Kier alpha value is -2.68. The molecule has 3 heteroatoms. The summed E-state index contributed by atoms with van der Waals surface area (Å²) in [5.74, 6) is 0.574. The largest absolute Gasteiger partial charge is 0.496 e. The number of fused-ring (bicyclic) bond motifs is 1. The molecule has 0 aliphatic heterocycles. The van der Waals surface area contributed by atoms with Gasteiger partial charge < -0.3 is 4.74 Å². The zero-order valence-corrected chi connectivity index (χ0v) is 11.0. The van der Waals surface area contributed by atoms with Crippen LogP contribution in [0, 0.1) is 0 Å². The van der Waals surface area contributed by atoms with E-state index in [9.17, 15) is 4.79 Å². The van der Waals surface area contributed by atoms with Crippen LogP contribution in [0.15, 0.2) is 54.7 Å². The summed E-state index contributed by atoms with van der Waals surface area (Å²) in [6.45, 7) is 0. The summed E-state index contributed by atoms with van der Waals surface area (Å²) in [6, 6.07) is 15.6. The normalized spacial score (nSPS) is 10.4. The molecule has 1 aromatic heterocycles. The molecule has 0 radical (unpaired) electrons. The van der Waals surface area contributed by atoms with E-state index in [1.807, 2.05) is 42.6 Å². The first-order valence-corrected chi connectivity index (χ1v) is 6.30. The van der Waals surface area contributed by atoms with Gasteiger partial charge >= 0.3 is 0 Å². The van der Waals surface area contributed by atoms with Gasteiger partial charge in [0.1, 0.15) is 5.75 Å². The van der Waals surface area contributed by atoms with Crippen LogP contribution in [0.3, 0.4) is 0 Å². The van der Waals surface area contributed by atoms with Crippen molar-refractivity contribution in [2.24, 2.45) is 0 Å². The van der Waals surface area contributed by atoms with Crippen LogP contribution in [0.1, 0.15) is 10.4 Å². The standard InChI is InChI=1S/C17H13NO2/c1-20-17-7-6-13(8-15(17)11-19)16-9-12-4-2-3-5-14(12)10-18-16/h2-11H,1H3. The van der Waals surface area contributed by atoms with Crippen molar-refractivity contribution in [3.05, 3.63) is 60.3 Å². The highest BCUT2D eigenvalue weighted by Gasteiger charge is 2.06. The van der Waals surface area contributed by atoms with Crippen LogP contribution in [0.2, 0.25) is 0 Å². The lowest BCUT2D eigenvalue weighted by Gasteiger charge is -2.07. The van der Waals surface area contributed by atoms with Crippen molar-refractivity contribution in [3.63, 3.8) is 0 Å². The third-order valence-electron chi connectivity index (χ3n) is 3.28. The summed E-state index contributed by atoms with van der Waals surface area (Å²) in [4.78, 5) is 15.5. The summed E-state index contributed by atoms with van der Waals surface area (Å²) in [5.41, 5.74) is 2.27. The van der Waals surface area contributed by atoms with Crippen molar-refractivity contribution in [1.29, 1.82) is 0 Å². The summed E-state index contributed by atoms with van der Waals surface area (Å²) in [7, 11) is 1.55. The second-order valence-electron chi connectivity index (χ2n) is 4.49. The van der Waals surface area contributed by atoms with E-state index in [0.29, 0.717) is 11.3 Å². The fourth-order valence-corrected chi connectivity index (χ4v) is 2.23. The highest BCUT2D eigenvalue weighted by atomic mass is 16.5. The highest BCUT2D eigenvalue weighted by molar-refractivity contribution is 5.87. The lowest BCUT2D eigenvalue weighted by atomic mass is 10.0. The SMILES string of the molecule is COc1ccc(-c2cc3ccccc3cn2)cc1C=O. The minimum Gasteiger partial charge on any atom is -0.496 e. The van der Waals surface area contributed by atoms with Crippen LogP contribution < -0.4 is 4.74 Å². The Morgan fingerprint density at radius 1 is 1.05 bits per heavy atom. The van der Waals surface area contributed by atoms with Crippen molar-refractivity contribution >= 4 is 17.1 Å². The van der Waals surface area contributed by atoms with Gasteiger partial charge in [-0.1, -0.05) is 24.3 Å². The van der Waals surface area contributed by atoms with Gasteiger partial charge in [0.15, 0.2) is 6.29 Å². The minimum atomic E-state index is 0.528. The number of pyridine rings is 1. The molecule has 3 nitrogen and oxygen atoms in total. The van der Waals surface area contributed by atoms with Crippen LogP contribution in [0.25, 0.3) is 22.0 Å². The number of aromatic nitrogens is 1. The van der Waals surface area contributed by atoms with E-state index >= 15 is 0 Å². The van der Waals surface area contributed by atoms with Crippen LogP contribution in [-0.4, -0.2) is 18.4 Å². The van der Waals surface area contributed by atoms with E-state index in [1.165, 1.54) is 0 Å². The maximum atomic E-state index is 11.1. The molecule has 3 rings (SSSR count). The lowest BCUT2D eigenvalue weighted by molar-refractivity contribution is 0.112. The number of aldehydes is 1. The van der Waals surface area contributed by atoms with Gasteiger partial charge in [0.2, 0.25) is 0 Å². The Morgan fingerprint density at radius 3 is 2.60 bits per heavy atom. The molecule has 0 atom stereocenters. The summed E-state index contributed by atoms with van der Waals surface area (Å²) < 4.78 is 5.15. The number of rotatable bonds is 3. The van der Waals surface area contributed by atoms with Crippen LogP contribution in [0.5, 0.6) is 5.75 Å². The van der Waals surface area contributed by atoms with Crippen molar-refractivity contribution in [1.82, 2.24) is 4.98 Å². The molecule has 0 bridgehead atoms. The van der Waals surface area contributed by atoms with Crippen LogP contribution in [-0.2, 0) is 0 Å². The molecule has 0 spiro atoms. The molecule has 0 saturated heterocycles. The van der Waals surface area contributed by atoms with E-state index in [-0.39, 0.29) is 0 Å². The third kappa shape index (κ3) is 2.14. The van der Waals surface area contributed by atoms with Gasteiger partial charge in [0.05, 0.1) is 18.4 Å². The smallest absolute Gasteiger partial charge is 0.153 e. The topological polar surface area (TPSA) is 39.2 Å². The number of hydrogen-bond acceptors (Lipinski definition) is 3. The minimum absolute atomic E-state index is 0.528. The molecule has 20 heavy (non-hydrogen) atoms. The van der Waals surface area contributed by atoms with E-state index in [1.54, 1.807) is 19.2 Å². The fraction of sp³-hybridized carbons (Fsp3) is 0.0588. The maximum Gasteiger partial charge on any atom is 0.153 e. The zero-order chi connectivity index (χ0) is 13.9. The Morgan fingerprint density at radius 2 is 1.85 bits per heavy atom. The first kappa shape index (κ1) is 12.4. The number of carbonyl (C=O) groups is 1. The second-order valence-corrected chi connectivity index (χ2v) is 4.49. The summed E-state index contributed by atoms with van der Waals surface area (Å²) >= 11 is 0. The zero-order valence-electron chi connectivity index (χ0n) is 11.0. The Labute approximate surface area is 116 Å². The molecule has 0 aliphatic rings. The first-order valence-electron chi connectivity index (χ1n) is 6.30. The maximum absolute atomic E-state index is 11.1. The molecule has 0 fully saturated rings. The van der Waals surface area contributed by atoms with Crippen molar-refractivity contribution in [3.8, 4) is 17.0 Å². The average molecular weight is 263 g/mol. The summed E-state index contributed by atoms with van der Waals surface area (Å²) in [5, 5.41) is 2.22. The molecular formula is C17H13NO2. The second kappa shape index (κ2) is 5.13. The average Bonchev–Trinajstić information content (AvgIpc) is 2.53. The number of methoxy groups -OCH3 is 1. The predicted octanol–water partition coefficient (Wildman–Crippen LogP) is 3.72. The van der Waals surface area contributed by atoms with Gasteiger partial charge in [-0.25, -0.2) is 0 Å². The van der Waals surface area contributed by atoms with Gasteiger partial charge in [-0.3, -0.25) is 9.78 Å². The van der Waals surface area contributed by atoms with Crippen LogP contribution in [0.4, 0.5) is 0 Å². The number of hydrogen-bond donors (Lipinski definition) is 0. The van der Waals surface area contributed by atoms with Gasteiger partial charge in [0, 0.05) is 17.1 Å². The van der Waals surface area contributed by atoms with Crippen molar-refractivity contribution in [2.75, 3.05) is 7.11 Å². The van der Waals surface area contributed by atoms with E-state index in [0.717, 1.165) is 28.3 Å². The van der Waals surface area contributed by atoms with E-state index < -0.39 is 0 Å². The number of carbonyl (C=O) groups excluding carboxylic acids is 1. The summed E-state index contributed by atoms with van der Waals surface area (Å²) in [6.07, 6.45) is 2.64. The Kier molecular flexibility index (Phi) is 3.17. The third-order valence-corrected chi connectivity index (χ3v) is 3.28. The molecule has 2 aromatic carbocycles. The van der Waals surface area contributed by atoms with Gasteiger partial charge in [-0.2, -0.15) is 0 Å². The molecular weight excluding hydrogens is 250 g/mol. The molecule has 0 amide bonds. The van der Waals surface area contributed by atoms with Crippen molar-refractivity contribution in [2.45, 2.75) is 0 Å². The molecule has 3 aromatic rings. The molecule has 0 unspecified atom stereocenters. The van der Waals surface area contributed by atoms with E-state index in [4.69, 9.17) is 4.74 Å². The van der Waals surface area contributed by atoms with Crippen LogP contribution >= 0.6 is 0 Å². The molecule has 1 heterocycles.